The number of hydrogen-bond acceptors (Lipinski definition) is 4. The van der Waals surface area contributed by atoms with E-state index in [-0.39, 0.29) is 11.5 Å². The van der Waals surface area contributed by atoms with Gasteiger partial charge in [0.1, 0.15) is 23.3 Å². The van der Waals surface area contributed by atoms with Crippen LogP contribution in [0.5, 0.6) is 0 Å². The number of rotatable bonds is 6. The van der Waals surface area contributed by atoms with Crippen molar-refractivity contribution in [2.75, 3.05) is 5.32 Å². The Morgan fingerprint density at radius 3 is 2.79 bits per heavy atom. The molecule has 3 heterocycles. The standard InChI is InChI=1S/C25H25FN6O/c1-15(2)24-27-9-10-32(24)23-6-4-5-22(29-23)30-25(33)18-12-21(16(3)11-19(18)26)31-13-20(28-14-31)17-7-8-17/h4-6,9-15,17H,7-8H2,1-3H3,(H,29,30,33). The Hall–Kier alpha value is -3.81. The van der Waals surface area contributed by atoms with Crippen molar-refractivity contribution in [3.63, 3.8) is 0 Å². The lowest BCUT2D eigenvalue weighted by atomic mass is 10.1. The van der Waals surface area contributed by atoms with E-state index in [1.807, 2.05) is 34.5 Å². The number of nitrogens with zero attached hydrogens (tertiary/aromatic N) is 5. The second-order valence-corrected chi connectivity index (χ2v) is 8.74. The number of aryl methyl sites for hydroxylation is 1. The monoisotopic (exact) mass is 444 g/mol. The van der Waals surface area contributed by atoms with Crippen LogP contribution in [0.2, 0.25) is 0 Å². The van der Waals surface area contributed by atoms with Gasteiger partial charge in [0.25, 0.3) is 5.91 Å². The summed E-state index contributed by atoms with van der Waals surface area (Å²) in [5, 5.41) is 2.73. The van der Waals surface area contributed by atoms with Gasteiger partial charge < -0.3 is 9.88 Å². The fourth-order valence-electron chi connectivity index (χ4n) is 3.92. The molecule has 0 unspecified atom stereocenters. The molecule has 1 aliphatic carbocycles. The number of halogens is 1. The van der Waals surface area contributed by atoms with Gasteiger partial charge in [-0.2, -0.15) is 0 Å². The van der Waals surface area contributed by atoms with Crippen LogP contribution in [-0.2, 0) is 0 Å². The molecule has 4 aromatic rings. The summed E-state index contributed by atoms with van der Waals surface area (Å²) in [5.74, 6) is 1.42. The van der Waals surface area contributed by atoms with E-state index in [9.17, 15) is 9.18 Å². The zero-order valence-corrected chi connectivity index (χ0v) is 18.8. The van der Waals surface area contributed by atoms with Crippen molar-refractivity contribution in [1.29, 1.82) is 0 Å². The van der Waals surface area contributed by atoms with E-state index in [0.717, 1.165) is 35.6 Å². The van der Waals surface area contributed by atoms with E-state index in [4.69, 9.17) is 0 Å². The molecule has 3 aromatic heterocycles. The van der Waals surface area contributed by atoms with Gasteiger partial charge in [0.2, 0.25) is 0 Å². The topological polar surface area (TPSA) is 77.6 Å². The fraction of sp³-hybridized carbons (Fsp3) is 0.280. The van der Waals surface area contributed by atoms with Crippen molar-refractivity contribution in [3.8, 4) is 11.5 Å². The summed E-state index contributed by atoms with van der Waals surface area (Å²) < 4.78 is 18.5. The number of pyridine rings is 1. The highest BCUT2D eigenvalue weighted by Crippen LogP contribution is 2.39. The minimum Gasteiger partial charge on any atom is -0.306 e. The summed E-state index contributed by atoms with van der Waals surface area (Å²) in [6, 6.07) is 8.26. The van der Waals surface area contributed by atoms with Crippen molar-refractivity contribution < 1.29 is 9.18 Å². The van der Waals surface area contributed by atoms with E-state index in [1.54, 1.807) is 30.7 Å². The number of amides is 1. The molecule has 1 aliphatic rings. The molecule has 5 rings (SSSR count). The van der Waals surface area contributed by atoms with E-state index in [2.05, 4.69) is 34.1 Å². The predicted molar refractivity (Wildman–Crippen MR) is 124 cm³/mol. The van der Waals surface area contributed by atoms with Gasteiger partial charge >= 0.3 is 0 Å². The maximum absolute atomic E-state index is 14.8. The van der Waals surface area contributed by atoms with Crippen LogP contribution in [0.15, 0.2) is 55.2 Å². The van der Waals surface area contributed by atoms with Crippen molar-refractivity contribution in [1.82, 2.24) is 24.1 Å². The van der Waals surface area contributed by atoms with E-state index in [1.165, 1.54) is 6.07 Å². The molecule has 1 fully saturated rings. The minimum absolute atomic E-state index is 0.0463. The molecule has 0 atom stereocenters. The van der Waals surface area contributed by atoms with Gasteiger partial charge in [0.15, 0.2) is 0 Å². The van der Waals surface area contributed by atoms with Gasteiger partial charge in [0, 0.05) is 30.4 Å². The average Bonchev–Trinajstić information content (AvgIpc) is 3.31. The van der Waals surface area contributed by atoms with Crippen LogP contribution in [0, 0.1) is 12.7 Å². The largest absolute Gasteiger partial charge is 0.306 e. The summed E-state index contributed by atoms with van der Waals surface area (Å²) >= 11 is 0. The Balaban J connectivity index is 1.42. The molecular formula is C25H25FN6O. The number of anilines is 1. The van der Waals surface area contributed by atoms with Crippen LogP contribution < -0.4 is 5.32 Å². The third-order valence-corrected chi connectivity index (χ3v) is 5.82. The lowest BCUT2D eigenvalue weighted by molar-refractivity contribution is 0.102. The van der Waals surface area contributed by atoms with Crippen molar-refractivity contribution >= 4 is 11.7 Å². The fourth-order valence-corrected chi connectivity index (χ4v) is 3.92. The second-order valence-electron chi connectivity index (χ2n) is 8.74. The number of carbonyl (C=O) groups is 1. The van der Waals surface area contributed by atoms with Crippen LogP contribution in [0.4, 0.5) is 10.2 Å². The van der Waals surface area contributed by atoms with Crippen LogP contribution in [-0.4, -0.2) is 30.0 Å². The third kappa shape index (κ3) is 4.16. The van der Waals surface area contributed by atoms with Crippen molar-refractivity contribution in [2.45, 2.75) is 45.4 Å². The Bertz CT molecular complexity index is 1330. The summed E-state index contributed by atoms with van der Waals surface area (Å²) in [5.41, 5.74) is 2.44. The maximum atomic E-state index is 14.8. The van der Waals surface area contributed by atoms with Crippen LogP contribution in [0.1, 0.15) is 66.0 Å². The normalized spacial score (nSPS) is 13.5. The minimum atomic E-state index is -0.580. The highest BCUT2D eigenvalue weighted by Gasteiger charge is 2.26. The molecule has 0 saturated heterocycles. The molecule has 8 heteroatoms. The van der Waals surface area contributed by atoms with E-state index < -0.39 is 11.7 Å². The number of carbonyl (C=O) groups excluding carboxylic acids is 1. The van der Waals surface area contributed by atoms with Gasteiger partial charge in [0.05, 0.1) is 23.3 Å². The number of hydrogen-bond donors (Lipinski definition) is 1. The summed E-state index contributed by atoms with van der Waals surface area (Å²) in [7, 11) is 0. The molecule has 1 N–H and O–H groups in total. The average molecular weight is 445 g/mol. The van der Waals surface area contributed by atoms with Gasteiger partial charge in [-0.15, -0.1) is 0 Å². The number of aromatic nitrogens is 5. The smallest absolute Gasteiger partial charge is 0.259 e. The zero-order valence-electron chi connectivity index (χ0n) is 18.8. The molecule has 1 saturated carbocycles. The van der Waals surface area contributed by atoms with E-state index in [0.29, 0.717) is 17.6 Å². The van der Waals surface area contributed by atoms with Gasteiger partial charge in [-0.05, 0) is 49.6 Å². The molecule has 1 amide bonds. The van der Waals surface area contributed by atoms with Gasteiger partial charge in [-0.25, -0.2) is 19.3 Å². The number of benzene rings is 1. The van der Waals surface area contributed by atoms with Gasteiger partial charge in [-0.1, -0.05) is 19.9 Å². The Kier molecular flexibility index (Phi) is 5.28. The number of nitrogens with one attached hydrogen (secondary N) is 1. The molecule has 0 bridgehead atoms. The van der Waals surface area contributed by atoms with E-state index >= 15 is 0 Å². The van der Waals surface area contributed by atoms with Crippen LogP contribution >= 0.6 is 0 Å². The molecule has 168 valence electrons. The van der Waals surface area contributed by atoms with Crippen molar-refractivity contribution in [3.05, 3.63) is 83.7 Å². The molecule has 0 radical (unpaired) electrons. The molecule has 7 nitrogen and oxygen atoms in total. The highest BCUT2D eigenvalue weighted by atomic mass is 19.1. The molecule has 0 aliphatic heterocycles. The first-order valence-electron chi connectivity index (χ1n) is 11.1. The second kappa shape index (κ2) is 8.27. The molecule has 33 heavy (non-hydrogen) atoms. The molecule has 0 spiro atoms. The SMILES string of the molecule is Cc1cc(F)c(C(=O)Nc2cccc(-n3ccnc3C(C)C)n2)cc1-n1cnc(C2CC2)c1. The predicted octanol–water partition coefficient (Wildman–Crippen LogP) is 5.15. The Morgan fingerprint density at radius 1 is 1.21 bits per heavy atom. The quantitative estimate of drug-likeness (QED) is 0.446. The first-order valence-corrected chi connectivity index (χ1v) is 11.1. The first kappa shape index (κ1) is 21.1. The zero-order chi connectivity index (χ0) is 23.1. The Morgan fingerprint density at radius 2 is 2.03 bits per heavy atom. The first-order chi connectivity index (χ1) is 15.9. The molecule has 1 aromatic carbocycles. The van der Waals surface area contributed by atoms with Crippen LogP contribution in [0.3, 0.4) is 0 Å². The summed E-state index contributed by atoms with van der Waals surface area (Å²) in [4.78, 5) is 26.4. The van der Waals surface area contributed by atoms with Crippen molar-refractivity contribution in [2.24, 2.45) is 0 Å². The highest BCUT2D eigenvalue weighted by molar-refractivity contribution is 6.04. The molecular weight excluding hydrogens is 419 g/mol. The summed E-state index contributed by atoms with van der Waals surface area (Å²) in [6.45, 7) is 5.92. The van der Waals surface area contributed by atoms with Gasteiger partial charge in [-0.3, -0.25) is 9.36 Å². The lowest BCUT2D eigenvalue weighted by Gasteiger charge is -2.13. The Labute approximate surface area is 191 Å². The number of imidazole rings is 2. The third-order valence-electron chi connectivity index (χ3n) is 5.82. The lowest BCUT2D eigenvalue weighted by Crippen LogP contribution is -2.16. The maximum Gasteiger partial charge on any atom is 0.259 e. The van der Waals surface area contributed by atoms with Crippen LogP contribution in [0.25, 0.3) is 11.5 Å². The summed E-state index contributed by atoms with van der Waals surface area (Å²) in [6.07, 6.45) is 9.53.